The average Bonchev–Trinajstić information content (AvgIpc) is 3.61. The van der Waals surface area contributed by atoms with Gasteiger partial charge in [-0.15, -0.1) is 24.0 Å². The number of aryl methyl sites for hydroxylation is 1. The van der Waals surface area contributed by atoms with Crippen LogP contribution < -0.4 is 25.4 Å². The maximum absolute atomic E-state index is 12.5. The Labute approximate surface area is 215 Å². The van der Waals surface area contributed by atoms with E-state index in [9.17, 15) is 4.79 Å². The first-order valence-corrected chi connectivity index (χ1v) is 12.3. The SMILES string of the molecule is CCNC(=NCCCc1ccc(OC)c(OCC)c1)NC1CCCC(C(=O)NC2CC2)C1.I. The number of methoxy groups -OCH3 is 1. The van der Waals surface area contributed by atoms with E-state index >= 15 is 0 Å². The average molecular weight is 573 g/mol. The molecule has 0 aliphatic heterocycles. The number of hydrogen-bond donors (Lipinski definition) is 3. The van der Waals surface area contributed by atoms with Gasteiger partial charge in [-0.3, -0.25) is 9.79 Å². The van der Waals surface area contributed by atoms with Crippen molar-refractivity contribution in [1.82, 2.24) is 16.0 Å². The lowest BCUT2D eigenvalue weighted by Crippen LogP contribution is -2.47. The maximum Gasteiger partial charge on any atom is 0.223 e. The lowest BCUT2D eigenvalue weighted by molar-refractivity contribution is -0.126. The largest absolute Gasteiger partial charge is 0.493 e. The molecule has 1 aromatic carbocycles. The summed E-state index contributed by atoms with van der Waals surface area (Å²) in [6.07, 6.45) is 8.21. The highest BCUT2D eigenvalue weighted by Crippen LogP contribution is 2.29. The molecular weight excluding hydrogens is 531 g/mol. The third-order valence-electron chi connectivity index (χ3n) is 6.08. The van der Waals surface area contributed by atoms with E-state index in [0.29, 0.717) is 18.7 Å². The fourth-order valence-electron chi connectivity index (χ4n) is 4.24. The summed E-state index contributed by atoms with van der Waals surface area (Å²) < 4.78 is 11.0. The molecule has 7 nitrogen and oxygen atoms in total. The van der Waals surface area contributed by atoms with Crippen LogP contribution in [0.15, 0.2) is 23.2 Å². The highest BCUT2D eigenvalue weighted by molar-refractivity contribution is 14.0. The van der Waals surface area contributed by atoms with E-state index in [1.54, 1.807) is 7.11 Å². The van der Waals surface area contributed by atoms with Gasteiger partial charge in [-0.1, -0.05) is 12.5 Å². The molecule has 0 heterocycles. The van der Waals surface area contributed by atoms with Crippen LogP contribution in [0.1, 0.15) is 64.4 Å². The fourth-order valence-corrected chi connectivity index (χ4v) is 4.24. The molecule has 0 bridgehead atoms. The van der Waals surface area contributed by atoms with Crippen LogP contribution in [0.3, 0.4) is 0 Å². The second-order valence-electron chi connectivity index (χ2n) is 8.77. The number of ether oxygens (including phenoxy) is 2. The molecule has 186 valence electrons. The topological polar surface area (TPSA) is 84.0 Å². The molecule has 0 aromatic heterocycles. The van der Waals surface area contributed by atoms with Gasteiger partial charge in [0.2, 0.25) is 5.91 Å². The summed E-state index contributed by atoms with van der Waals surface area (Å²) in [6.45, 7) is 6.23. The third-order valence-corrected chi connectivity index (χ3v) is 6.08. The van der Waals surface area contributed by atoms with Gasteiger partial charge in [-0.05, 0) is 76.5 Å². The smallest absolute Gasteiger partial charge is 0.223 e. The number of halogens is 1. The number of guanidine groups is 1. The lowest BCUT2D eigenvalue weighted by atomic mass is 9.85. The highest BCUT2D eigenvalue weighted by Gasteiger charge is 2.31. The normalized spacial score (nSPS) is 20.4. The number of nitrogens with one attached hydrogen (secondary N) is 3. The minimum absolute atomic E-state index is 0. The van der Waals surface area contributed by atoms with Crippen molar-refractivity contribution < 1.29 is 14.3 Å². The van der Waals surface area contributed by atoms with Crippen LogP contribution in [0.2, 0.25) is 0 Å². The van der Waals surface area contributed by atoms with Crippen molar-refractivity contribution in [3.63, 3.8) is 0 Å². The Balaban J connectivity index is 0.00000385. The zero-order chi connectivity index (χ0) is 22.8. The molecule has 0 radical (unpaired) electrons. The summed E-state index contributed by atoms with van der Waals surface area (Å²) in [5, 5.41) is 10.1. The molecular formula is C25H41IN4O3. The summed E-state index contributed by atoms with van der Waals surface area (Å²) in [6, 6.07) is 6.85. The summed E-state index contributed by atoms with van der Waals surface area (Å²) in [7, 11) is 1.66. The molecule has 2 saturated carbocycles. The van der Waals surface area contributed by atoms with E-state index in [1.807, 2.05) is 13.0 Å². The summed E-state index contributed by atoms with van der Waals surface area (Å²) in [4.78, 5) is 17.2. The second kappa shape index (κ2) is 14.5. The van der Waals surface area contributed by atoms with E-state index < -0.39 is 0 Å². The Kier molecular flexibility index (Phi) is 12.1. The number of carbonyl (C=O) groups excluding carboxylic acids is 1. The zero-order valence-electron chi connectivity index (χ0n) is 20.3. The van der Waals surface area contributed by atoms with Crippen molar-refractivity contribution in [3.8, 4) is 11.5 Å². The summed E-state index contributed by atoms with van der Waals surface area (Å²) in [5.74, 6) is 2.78. The first-order chi connectivity index (χ1) is 15.6. The quantitative estimate of drug-likeness (QED) is 0.161. The van der Waals surface area contributed by atoms with Crippen molar-refractivity contribution in [2.24, 2.45) is 10.9 Å². The van der Waals surface area contributed by atoms with Crippen LogP contribution in [-0.2, 0) is 11.2 Å². The van der Waals surface area contributed by atoms with E-state index in [4.69, 9.17) is 14.5 Å². The minimum Gasteiger partial charge on any atom is -0.493 e. The number of amides is 1. The van der Waals surface area contributed by atoms with E-state index in [0.717, 1.165) is 81.9 Å². The lowest BCUT2D eigenvalue weighted by Gasteiger charge is -2.30. The van der Waals surface area contributed by atoms with Crippen LogP contribution in [0.5, 0.6) is 11.5 Å². The molecule has 2 unspecified atom stereocenters. The van der Waals surface area contributed by atoms with E-state index in [1.165, 1.54) is 5.56 Å². The summed E-state index contributed by atoms with van der Waals surface area (Å²) in [5.41, 5.74) is 1.22. The predicted molar refractivity (Wildman–Crippen MR) is 144 cm³/mol. The molecule has 3 N–H and O–H groups in total. The van der Waals surface area contributed by atoms with Crippen molar-refractivity contribution in [2.75, 3.05) is 26.8 Å². The first-order valence-electron chi connectivity index (χ1n) is 12.3. The Morgan fingerprint density at radius 3 is 2.61 bits per heavy atom. The van der Waals surface area contributed by atoms with Gasteiger partial charge in [0.05, 0.1) is 13.7 Å². The Morgan fingerprint density at radius 1 is 1.09 bits per heavy atom. The molecule has 2 fully saturated rings. The highest BCUT2D eigenvalue weighted by atomic mass is 127. The number of aliphatic imine (C=N–C) groups is 1. The van der Waals surface area contributed by atoms with Crippen LogP contribution in [0.4, 0.5) is 0 Å². The van der Waals surface area contributed by atoms with Crippen molar-refractivity contribution in [3.05, 3.63) is 23.8 Å². The Hall–Kier alpha value is -1.71. The number of hydrogen-bond acceptors (Lipinski definition) is 4. The van der Waals surface area contributed by atoms with Gasteiger partial charge < -0.3 is 25.4 Å². The predicted octanol–water partition coefficient (Wildman–Crippen LogP) is 4.04. The van der Waals surface area contributed by atoms with Gasteiger partial charge in [0.15, 0.2) is 17.5 Å². The van der Waals surface area contributed by atoms with Gasteiger partial charge in [0, 0.05) is 31.1 Å². The monoisotopic (exact) mass is 572 g/mol. The van der Waals surface area contributed by atoms with E-state index in [2.05, 4.69) is 35.0 Å². The summed E-state index contributed by atoms with van der Waals surface area (Å²) >= 11 is 0. The molecule has 1 aromatic rings. The molecule has 8 heteroatoms. The van der Waals surface area contributed by atoms with Gasteiger partial charge in [0.25, 0.3) is 0 Å². The third kappa shape index (κ3) is 9.22. The molecule has 33 heavy (non-hydrogen) atoms. The first kappa shape index (κ1) is 27.5. The number of rotatable bonds is 11. The van der Waals surface area contributed by atoms with Gasteiger partial charge in [0.1, 0.15) is 0 Å². The maximum atomic E-state index is 12.5. The molecule has 2 aliphatic carbocycles. The standard InChI is InChI=1S/C25H40N4O3.HI/c1-4-26-25(29-21-10-6-9-19(17-21)24(30)28-20-12-13-20)27-15-7-8-18-11-14-22(31-3)23(16-18)32-5-2;/h11,14,16,19-21H,4-10,12-13,15,17H2,1-3H3,(H,28,30)(H2,26,27,29);1H. The molecule has 1 amide bonds. The molecule has 0 saturated heterocycles. The number of nitrogens with zero attached hydrogens (tertiary/aromatic N) is 1. The molecule has 2 aliphatic rings. The second-order valence-corrected chi connectivity index (χ2v) is 8.77. The van der Waals surface area contributed by atoms with Gasteiger partial charge >= 0.3 is 0 Å². The zero-order valence-corrected chi connectivity index (χ0v) is 22.7. The van der Waals surface area contributed by atoms with Crippen molar-refractivity contribution in [1.29, 1.82) is 0 Å². The minimum atomic E-state index is 0. The fraction of sp³-hybridized carbons (Fsp3) is 0.680. The Morgan fingerprint density at radius 2 is 1.91 bits per heavy atom. The van der Waals surface area contributed by atoms with E-state index in [-0.39, 0.29) is 35.8 Å². The van der Waals surface area contributed by atoms with Crippen LogP contribution >= 0.6 is 24.0 Å². The van der Waals surface area contributed by atoms with Crippen molar-refractivity contribution >= 4 is 35.8 Å². The molecule has 2 atom stereocenters. The van der Waals surface area contributed by atoms with Crippen LogP contribution in [-0.4, -0.2) is 50.8 Å². The Bertz CT molecular complexity index is 770. The number of benzene rings is 1. The molecule has 0 spiro atoms. The van der Waals surface area contributed by atoms with Gasteiger partial charge in [-0.25, -0.2) is 0 Å². The van der Waals surface area contributed by atoms with Crippen molar-refractivity contribution in [2.45, 2.75) is 77.3 Å². The van der Waals surface area contributed by atoms with Crippen LogP contribution in [0, 0.1) is 5.92 Å². The number of carbonyl (C=O) groups is 1. The van der Waals surface area contributed by atoms with Gasteiger partial charge in [-0.2, -0.15) is 0 Å². The van der Waals surface area contributed by atoms with Crippen LogP contribution in [0.25, 0.3) is 0 Å². The molecule has 3 rings (SSSR count).